The van der Waals surface area contributed by atoms with Gasteiger partial charge in [0.1, 0.15) is 12.2 Å². The van der Waals surface area contributed by atoms with Crippen molar-refractivity contribution in [2.75, 3.05) is 218 Å². The van der Waals surface area contributed by atoms with E-state index in [1.807, 2.05) is 20.8 Å². The number of terminal acetylenes is 1. The van der Waals surface area contributed by atoms with E-state index in [9.17, 15) is 4.79 Å². The van der Waals surface area contributed by atoms with Gasteiger partial charge in [0.05, 0.1) is 205 Å². The lowest BCUT2D eigenvalue weighted by Gasteiger charge is -2.19. The van der Waals surface area contributed by atoms with Crippen molar-refractivity contribution in [1.29, 1.82) is 0 Å². The maximum absolute atomic E-state index is 11.5. The van der Waals surface area contributed by atoms with Crippen molar-refractivity contribution < 1.29 is 85.3 Å². The Balaban J connectivity index is 3.09. The summed E-state index contributed by atoms with van der Waals surface area (Å²) in [6.45, 7) is 21.1. The number of hydrogen-bond acceptors (Lipinski definition) is 18. The van der Waals surface area contributed by atoms with Crippen molar-refractivity contribution in [3.05, 3.63) is 0 Å². The fourth-order valence-electron chi connectivity index (χ4n) is 3.97. The molecule has 0 aliphatic heterocycles. The summed E-state index contributed by atoms with van der Waals surface area (Å²) in [5.41, 5.74) is -0.517. The molecular formula is C40H77NO18. The molecule has 0 fully saturated rings. The first-order chi connectivity index (χ1) is 29.0. The van der Waals surface area contributed by atoms with Gasteiger partial charge in [0, 0.05) is 6.54 Å². The average Bonchev–Trinajstić information content (AvgIpc) is 3.21. The molecule has 0 spiro atoms. The summed E-state index contributed by atoms with van der Waals surface area (Å²) >= 11 is 0. The van der Waals surface area contributed by atoms with Gasteiger partial charge in [-0.3, -0.25) is 0 Å². The minimum Gasteiger partial charge on any atom is -0.444 e. The Morgan fingerprint density at radius 3 is 0.729 bits per heavy atom. The van der Waals surface area contributed by atoms with E-state index in [2.05, 4.69) is 11.2 Å². The molecule has 0 bridgehead atoms. The highest BCUT2D eigenvalue weighted by molar-refractivity contribution is 5.67. The topological polar surface area (TPSA) is 186 Å². The number of hydrogen-bond donors (Lipinski definition) is 1. The van der Waals surface area contributed by atoms with Crippen molar-refractivity contribution in [3.8, 4) is 12.3 Å². The second-order valence-corrected chi connectivity index (χ2v) is 12.9. The number of ether oxygens (including phenoxy) is 17. The first-order valence-corrected chi connectivity index (χ1v) is 20.6. The number of rotatable bonds is 49. The summed E-state index contributed by atoms with van der Waals surface area (Å²) in [6.07, 6.45) is 4.63. The standard InChI is InChI=1S/C40H77NO18/c1-5-7-43-9-11-45-13-15-47-17-19-49-21-23-51-25-27-53-29-31-55-33-35-57-37-38-58-36-34-56-32-30-54-28-26-52-24-22-50-20-18-48-16-14-46-12-10-44-8-6-41-39(42)59-40(2,3)4/h1H,6-38H2,2-4H3,(H,41,42). The Bertz CT molecular complexity index is 879. The van der Waals surface area contributed by atoms with E-state index < -0.39 is 11.7 Å². The fourth-order valence-corrected chi connectivity index (χ4v) is 3.97. The van der Waals surface area contributed by atoms with E-state index in [1.165, 1.54) is 0 Å². The van der Waals surface area contributed by atoms with Gasteiger partial charge in [0.25, 0.3) is 0 Å². The van der Waals surface area contributed by atoms with Crippen LogP contribution in [0, 0.1) is 12.3 Å². The van der Waals surface area contributed by atoms with Crippen molar-refractivity contribution in [2.45, 2.75) is 26.4 Å². The summed E-state index contributed by atoms with van der Waals surface area (Å²) < 4.78 is 92.2. The quantitative estimate of drug-likeness (QED) is 0.0683. The van der Waals surface area contributed by atoms with E-state index in [4.69, 9.17) is 87.0 Å². The normalized spacial score (nSPS) is 11.6. The molecule has 19 heteroatoms. The molecule has 0 atom stereocenters. The Morgan fingerprint density at radius 1 is 0.356 bits per heavy atom. The molecule has 0 radical (unpaired) electrons. The van der Waals surface area contributed by atoms with Crippen LogP contribution in [0.2, 0.25) is 0 Å². The Morgan fingerprint density at radius 2 is 0.542 bits per heavy atom. The van der Waals surface area contributed by atoms with Crippen LogP contribution in [0.3, 0.4) is 0 Å². The zero-order chi connectivity index (χ0) is 42.8. The summed E-state index contributed by atoms with van der Waals surface area (Å²) in [5.74, 6) is 2.40. The highest BCUT2D eigenvalue weighted by Crippen LogP contribution is 2.06. The number of amides is 1. The second-order valence-electron chi connectivity index (χ2n) is 12.9. The van der Waals surface area contributed by atoms with Gasteiger partial charge < -0.3 is 85.8 Å². The van der Waals surface area contributed by atoms with E-state index in [0.717, 1.165) is 0 Å². The third kappa shape index (κ3) is 54.2. The largest absolute Gasteiger partial charge is 0.444 e. The zero-order valence-electron chi connectivity index (χ0n) is 36.3. The number of nitrogens with one attached hydrogen (secondary N) is 1. The predicted octanol–water partition coefficient (Wildman–Crippen LogP) is 1.41. The molecule has 0 aliphatic rings. The lowest BCUT2D eigenvalue weighted by atomic mass is 10.2. The zero-order valence-corrected chi connectivity index (χ0v) is 36.3. The highest BCUT2D eigenvalue weighted by atomic mass is 16.6. The molecule has 1 N–H and O–H groups in total. The molecule has 0 aliphatic carbocycles. The molecule has 0 saturated carbocycles. The monoisotopic (exact) mass is 860 g/mol. The first kappa shape index (κ1) is 57.2. The first-order valence-electron chi connectivity index (χ1n) is 20.6. The van der Waals surface area contributed by atoms with Crippen molar-refractivity contribution in [1.82, 2.24) is 5.32 Å². The molecule has 19 nitrogen and oxygen atoms in total. The van der Waals surface area contributed by atoms with Crippen LogP contribution in [-0.2, 0) is 80.5 Å². The Hall–Kier alpha value is -1.81. The molecule has 0 unspecified atom stereocenters. The minimum atomic E-state index is -0.517. The maximum Gasteiger partial charge on any atom is 0.407 e. The summed E-state index contributed by atoms with van der Waals surface area (Å²) in [5, 5.41) is 2.63. The van der Waals surface area contributed by atoms with Crippen molar-refractivity contribution >= 4 is 6.09 Å². The lowest BCUT2D eigenvalue weighted by Crippen LogP contribution is -2.34. The smallest absolute Gasteiger partial charge is 0.407 e. The molecule has 350 valence electrons. The van der Waals surface area contributed by atoms with Crippen LogP contribution in [0.25, 0.3) is 0 Å². The molecule has 0 heterocycles. The molecular weight excluding hydrogens is 782 g/mol. The van der Waals surface area contributed by atoms with Gasteiger partial charge in [-0.1, -0.05) is 5.92 Å². The highest BCUT2D eigenvalue weighted by Gasteiger charge is 2.15. The van der Waals surface area contributed by atoms with Crippen LogP contribution < -0.4 is 5.32 Å². The molecule has 0 saturated heterocycles. The summed E-state index contributed by atoms with van der Waals surface area (Å²) in [7, 11) is 0. The van der Waals surface area contributed by atoms with Gasteiger partial charge in [-0.25, -0.2) is 4.79 Å². The SMILES string of the molecule is C#CCOCCOCCOCCOCCOCCOCCOCCOCCOCCOCCOCCOCCOCCOCCOCCOCCNC(=O)OC(C)(C)C. The van der Waals surface area contributed by atoms with Crippen molar-refractivity contribution in [3.63, 3.8) is 0 Å². The number of carbonyl (C=O) groups is 1. The molecule has 0 aromatic carbocycles. The van der Waals surface area contributed by atoms with E-state index in [1.54, 1.807) is 0 Å². The van der Waals surface area contributed by atoms with E-state index in [-0.39, 0.29) is 0 Å². The lowest BCUT2D eigenvalue weighted by molar-refractivity contribution is -0.0303. The van der Waals surface area contributed by atoms with Crippen LogP contribution >= 0.6 is 0 Å². The van der Waals surface area contributed by atoms with Crippen LogP contribution in [0.15, 0.2) is 0 Å². The van der Waals surface area contributed by atoms with E-state index in [0.29, 0.717) is 218 Å². The maximum atomic E-state index is 11.5. The van der Waals surface area contributed by atoms with Crippen LogP contribution in [0.5, 0.6) is 0 Å². The van der Waals surface area contributed by atoms with E-state index >= 15 is 0 Å². The van der Waals surface area contributed by atoms with Crippen LogP contribution in [0.1, 0.15) is 20.8 Å². The van der Waals surface area contributed by atoms with Crippen molar-refractivity contribution in [2.24, 2.45) is 0 Å². The predicted molar refractivity (Wildman–Crippen MR) is 216 cm³/mol. The molecule has 59 heavy (non-hydrogen) atoms. The number of alkyl carbamates (subject to hydrolysis) is 1. The van der Waals surface area contributed by atoms with Gasteiger partial charge in [0.15, 0.2) is 0 Å². The minimum absolute atomic E-state index is 0.301. The Kier molecular flexibility index (Phi) is 47.4. The fraction of sp³-hybridized carbons (Fsp3) is 0.925. The van der Waals surface area contributed by atoms with Gasteiger partial charge in [-0.15, -0.1) is 6.42 Å². The molecule has 0 aromatic heterocycles. The number of carbonyl (C=O) groups excluding carboxylic acids is 1. The Labute approximate surface area is 353 Å². The van der Waals surface area contributed by atoms with Gasteiger partial charge in [0.2, 0.25) is 0 Å². The second kappa shape index (κ2) is 48.9. The molecule has 1 amide bonds. The average molecular weight is 860 g/mol. The molecule has 0 rings (SSSR count). The summed E-state index contributed by atoms with van der Waals surface area (Å²) in [4.78, 5) is 11.5. The molecule has 0 aromatic rings. The van der Waals surface area contributed by atoms with Gasteiger partial charge in [-0.2, -0.15) is 0 Å². The van der Waals surface area contributed by atoms with Crippen LogP contribution in [0.4, 0.5) is 4.79 Å². The van der Waals surface area contributed by atoms with Gasteiger partial charge in [-0.05, 0) is 20.8 Å². The van der Waals surface area contributed by atoms with Gasteiger partial charge >= 0.3 is 6.09 Å². The van der Waals surface area contributed by atoms with Crippen LogP contribution in [-0.4, -0.2) is 230 Å². The third-order valence-corrected chi connectivity index (χ3v) is 6.68. The summed E-state index contributed by atoms with van der Waals surface area (Å²) in [6, 6.07) is 0. The third-order valence-electron chi connectivity index (χ3n) is 6.68.